The number of aliphatic hydroxyl groups excluding tert-OH is 2. The Kier molecular flexibility index (Phi) is 30.6. The molecule has 0 atom stereocenters. The van der Waals surface area contributed by atoms with Crippen LogP contribution in [-0.4, -0.2) is 23.4 Å². The molecular formula is C6H16Na2O2. The topological polar surface area (TPSA) is 40.5 Å². The van der Waals surface area contributed by atoms with Crippen molar-refractivity contribution in [3.63, 3.8) is 0 Å². The number of hydrogen-bond acceptors (Lipinski definition) is 2. The molecule has 0 radical (unpaired) electrons. The van der Waals surface area contributed by atoms with Gasteiger partial charge in [0.15, 0.2) is 0 Å². The van der Waals surface area contributed by atoms with Crippen molar-refractivity contribution in [1.29, 1.82) is 0 Å². The second kappa shape index (κ2) is 17.1. The van der Waals surface area contributed by atoms with Crippen molar-refractivity contribution in [3.05, 3.63) is 0 Å². The summed E-state index contributed by atoms with van der Waals surface area (Å²) in [4.78, 5) is 0. The number of unbranched alkanes of at least 4 members (excludes halogenated alkanes) is 3. The molecule has 0 aromatic heterocycles. The summed E-state index contributed by atoms with van der Waals surface area (Å²) in [6.07, 6.45) is 3.83. The predicted octanol–water partition coefficient (Wildman–Crippen LogP) is -5.24. The monoisotopic (exact) mass is 166 g/mol. The summed E-state index contributed by atoms with van der Waals surface area (Å²) >= 11 is 0. The first-order chi connectivity index (χ1) is 3.91. The molecule has 0 heterocycles. The number of rotatable bonds is 5. The molecule has 4 heteroatoms. The Hall–Kier alpha value is 1.92. The fourth-order valence-corrected chi connectivity index (χ4v) is 0.577. The van der Waals surface area contributed by atoms with Crippen molar-refractivity contribution < 1.29 is 72.2 Å². The summed E-state index contributed by atoms with van der Waals surface area (Å²) in [5.74, 6) is 0. The van der Waals surface area contributed by atoms with E-state index in [-0.39, 0.29) is 75.2 Å². The molecule has 0 spiro atoms. The molecule has 0 aliphatic rings. The van der Waals surface area contributed by atoms with Crippen LogP contribution in [0.25, 0.3) is 0 Å². The van der Waals surface area contributed by atoms with E-state index in [0.717, 1.165) is 25.7 Å². The van der Waals surface area contributed by atoms with Crippen molar-refractivity contribution in [2.45, 2.75) is 25.7 Å². The van der Waals surface area contributed by atoms with Crippen LogP contribution in [0.1, 0.15) is 28.5 Å². The van der Waals surface area contributed by atoms with Gasteiger partial charge in [-0.15, -0.1) is 0 Å². The minimum absolute atomic E-state index is 0. The van der Waals surface area contributed by atoms with E-state index < -0.39 is 0 Å². The third-order valence-electron chi connectivity index (χ3n) is 1.07. The van der Waals surface area contributed by atoms with Crippen LogP contribution < -0.4 is 59.1 Å². The maximum absolute atomic E-state index is 8.30. The van der Waals surface area contributed by atoms with Crippen LogP contribution in [0, 0.1) is 0 Å². The third-order valence-corrected chi connectivity index (χ3v) is 1.07. The van der Waals surface area contributed by atoms with E-state index >= 15 is 0 Å². The molecule has 0 saturated heterocycles. The summed E-state index contributed by atoms with van der Waals surface area (Å²) < 4.78 is 0. The van der Waals surface area contributed by atoms with Crippen molar-refractivity contribution in [3.8, 4) is 0 Å². The Balaban J connectivity index is -0.0000000408. The fraction of sp³-hybridized carbons (Fsp3) is 1.00. The molecule has 10 heavy (non-hydrogen) atoms. The maximum Gasteiger partial charge on any atom is 1.00 e. The zero-order valence-electron chi connectivity index (χ0n) is 9.14. The molecule has 0 amide bonds. The minimum Gasteiger partial charge on any atom is -1.00 e. The van der Waals surface area contributed by atoms with E-state index in [1.165, 1.54) is 0 Å². The van der Waals surface area contributed by atoms with Crippen LogP contribution in [0.3, 0.4) is 0 Å². The van der Waals surface area contributed by atoms with Crippen LogP contribution in [0.15, 0.2) is 0 Å². The SMILES string of the molecule is OCCCCCCO.[H-].[H-].[Na+].[Na+]. The number of aliphatic hydroxyl groups is 2. The van der Waals surface area contributed by atoms with Crippen LogP contribution in [0.4, 0.5) is 0 Å². The first kappa shape index (κ1) is 17.9. The zero-order valence-corrected chi connectivity index (χ0v) is 11.1. The Labute approximate surface area is 110 Å². The van der Waals surface area contributed by atoms with Gasteiger partial charge in [0.25, 0.3) is 0 Å². The molecule has 0 aromatic rings. The molecule has 0 bridgehead atoms. The average molecular weight is 166 g/mol. The summed E-state index contributed by atoms with van der Waals surface area (Å²) in [5.41, 5.74) is 0. The molecule has 2 nitrogen and oxygen atoms in total. The normalized spacial score (nSPS) is 7.80. The molecule has 0 rings (SSSR count). The second-order valence-electron chi connectivity index (χ2n) is 1.86. The van der Waals surface area contributed by atoms with Gasteiger partial charge in [-0.25, -0.2) is 0 Å². The van der Waals surface area contributed by atoms with Crippen LogP contribution >= 0.6 is 0 Å². The van der Waals surface area contributed by atoms with Gasteiger partial charge < -0.3 is 13.1 Å². The molecule has 0 fully saturated rings. The standard InChI is InChI=1S/C6H14O2.2Na.2H/c7-5-3-1-2-4-6-8;;;;/h7-8H,1-6H2;;;;/q;2*+1;2*-1. The van der Waals surface area contributed by atoms with Gasteiger partial charge in [0.2, 0.25) is 0 Å². The molecular weight excluding hydrogens is 150 g/mol. The zero-order chi connectivity index (χ0) is 6.24. The van der Waals surface area contributed by atoms with Gasteiger partial charge in [0, 0.05) is 13.2 Å². The largest absolute Gasteiger partial charge is 1.00 e. The van der Waals surface area contributed by atoms with E-state index in [0.29, 0.717) is 0 Å². The second-order valence-corrected chi connectivity index (χ2v) is 1.86. The van der Waals surface area contributed by atoms with Crippen molar-refractivity contribution in [1.82, 2.24) is 0 Å². The molecule has 2 N–H and O–H groups in total. The summed E-state index contributed by atoms with van der Waals surface area (Å²) in [5, 5.41) is 16.6. The Morgan fingerprint density at radius 1 is 0.700 bits per heavy atom. The van der Waals surface area contributed by atoms with E-state index in [4.69, 9.17) is 10.2 Å². The quantitative estimate of drug-likeness (QED) is 0.316. The van der Waals surface area contributed by atoms with Gasteiger partial charge in [-0.3, -0.25) is 0 Å². The number of hydrogen-bond donors (Lipinski definition) is 2. The smallest absolute Gasteiger partial charge is 1.00 e. The molecule has 0 unspecified atom stereocenters. The Bertz CT molecular complexity index is 46.5. The van der Waals surface area contributed by atoms with Gasteiger partial charge in [0.1, 0.15) is 0 Å². The van der Waals surface area contributed by atoms with E-state index in [9.17, 15) is 0 Å². The van der Waals surface area contributed by atoms with E-state index in [1.54, 1.807) is 0 Å². The Morgan fingerprint density at radius 3 is 1.20 bits per heavy atom. The van der Waals surface area contributed by atoms with Gasteiger partial charge in [-0.1, -0.05) is 12.8 Å². The maximum atomic E-state index is 8.30. The van der Waals surface area contributed by atoms with Crippen molar-refractivity contribution in [2.75, 3.05) is 13.2 Å². The summed E-state index contributed by atoms with van der Waals surface area (Å²) in [7, 11) is 0. The summed E-state index contributed by atoms with van der Waals surface area (Å²) in [6, 6.07) is 0. The third kappa shape index (κ3) is 16.5. The van der Waals surface area contributed by atoms with Crippen LogP contribution in [0.2, 0.25) is 0 Å². The first-order valence-corrected chi connectivity index (χ1v) is 3.13. The minimum atomic E-state index is 0. The van der Waals surface area contributed by atoms with Gasteiger partial charge in [0.05, 0.1) is 0 Å². The molecule has 54 valence electrons. The predicted molar refractivity (Wildman–Crippen MR) is 34.9 cm³/mol. The van der Waals surface area contributed by atoms with Crippen LogP contribution in [-0.2, 0) is 0 Å². The first-order valence-electron chi connectivity index (χ1n) is 3.13. The molecule has 0 aliphatic carbocycles. The molecule has 0 saturated carbocycles. The summed E-state index contributed by atoms with van der Waals surface area (Å²) in [6.45, 7) is 0.566. The average Bonchev–Trinajstić information content (AvgIpc) is 1.81. The van der Waals surface area contributed by atoms with Gasteiger partial charge >= 0.3 is 59.1 Å². The van der Waals surface area contributed by atoms with E-state index in [2.05, 4.69) is 0 Å². The Morgan fingerprint density at radius 2 is 1.00 bits per heavy atom. The fourth-order valence-electron chi connectivity index (χ4n) is 0.577. The van der Waals surface area contributed by atoms with Crippen molar-refractivity contribution in [2.24, 2.45) is 0 Å². The molecule has 0 aliphatic heterocycles. The molecule has 0 aromatic carbocycles. The van der Waals surface area contributed by atoms with Gasteiger partial charge in [-0.2, -0.15) is 0 Å². The van der Waals surface area contributed by atoms with Crippen molar-refractivity contribution >= 4 is 0 Å². The van der Waals surface area contributed by atoms with E-state index in [1.807, 2.05) is 0 Å². The van der Waals surface area contributed by atoms with Crippen LogP contribution in [0.5, 0.6) is 0 Å². The van der Waals surface area contributed by atoms with Gasteiger partial charge in [-0.05, 0) is 12.8 Å².